The van der Waals surface area contributed by atoms with Gasteiger partial charge in [-0.05, 0) is 73.0 Å². The number of nitrogens with zero attached hydrogens (tertiary/aromatic N) is 4. The van der Waals surface area contributed by atoms with Gasteiger partial charge in [0.15, 0.2) is 0 Å². The summed E-state index contributed by atoms with van der Waals surface area (Å²) in [6.45, 7) is 15.5. The van der Waals surface area contributed by atoms with E-state index >= 15 is 0 Å². The summed E-state index contributed by atoms with van der Waals surface area (Å²) in [4.78, 5) is 40.8. The van der Waals surface area contributed by atoms with Gasteiger partial charge in [-0.1, -0.05) is 6.42 Å². The highest BCUT2D eigenvalue weighted by Crippen LogP contribution is 2.36. The molecule has 1 amide bonds. The van der Waals surface area contributed by atoms with Crippen molar-refractivity contribution in [3.05, 3.63) is 16.3 Å². The quantitative estimate of drug-likeness (QED) is 0.579. The molecular weight excluding hydrogens is 438 g/mol. The molecule has 1 aliphatic rings. The Labute approximate surface area is 200 Å². The smallest absolute Gasteiger partial charge is 0.348 e. The van der Waals surface area contributed by atoms with Gasteiger partial charge in [-0.3, -0.25) is 9.69 Å². The lowest BCUT2D eigenvalue weighted by Gasteiger charge is -2.28. The number of amides is 1. The van der Waals surface area contributed by atoms with Crippen LogP contribution in [0.5, 0.6) is 0 Å². The molecule has 2 aromatic rings. The number of piperidine rings is 1. The molecule has 0 aromatic carbocycles. The van der Waals surface area contributed by atoms with Crippen molar-refractivity contribution in [1.29, 1.82) is 0 Å². The topological polar surface area (TPSA) is 87.7 Å². The molecule has 1 N–H and O–H groups in total. The lowest BCUT2D eigenvalue weighted by atomic mass is 10.1. The SMILES string of the molecule is CCOC(=O)c1sc2nc(CN3CCCCC3)nc(N(CC)CC(=O)NC(C)(C)C)c2c1C. The number of likely N-dealkylation sites (N-methyl/N-ethyl adjacent to an activating group) is 1. The predicted molar refractivity (Wildman–Crippen MR) is 133 cm³/mol. The van der Waals surface area contributed by atoms with E-state index in [4.69, 9.17) is 14.7 Å². The van der Waals surface area contributed by atoms with Crippen LogP contribution in [-0.2, 0) is 16.1 Å². The van der Waals surface area contributed by atoms with E-state index in [1.807, 2.05) is 39.5 Å². The van der Waals surface area contributed by atoms with E-state index in [0.29, 0.717) is 30.4 Å². The summed E-state index contributed by atoms with van der Waals surface area (Å²) >= 11 is 1.35. The zero-order chi connectivity index (χ0) is 24.2. The predicted octanol–water partition coefficient (Wildman–Crippen LogP) is 3.90. The number of carbonyl (C=O) groups excluding carboxylic acids is 2. The Morgan fingerprint density at radius 2 is 1.85 bits per heavy atom. The van der Waals surface area contributed by atoms with Crippen molar-refractivity contribution >= 4 is 39.2 Å². The molecule has 3 rings (SSSR count). The minimum Gasteiger partial charge on any atom is -0.462 e. The molecule has 0 radical (unpaired) electrons. The Morgan fingerprint density at radius 3 is 2.45 bits per heavy atom. The second kappa shape index (κ2) is 10.8. The number of ether oxygens (including phenoxy) is 1. The highest BCUT2D eigenvalue weighted by atomic mass is 32.1. The maximum Gasteiger partial charge on any atom is 0.348 e. The van der Waals surface area contributed by atoms with Crippen molar-refractivity contribution in [3.63, 3.8) is 0 Å². The number of nitrogens with one attached hydrogen (secondary N) is 1. The van der Waals surface area contributed by atoms with E-state index in [-0.39, 0.29) is 24.0 Å². The van der Waals surface area contributed by atoms with Gasteiger partial charge in [0.1, 0.15) is 21.3 Å². The molecule has 0 unspecified atom stereocenters. The van der Waals surface area contributed by atoms with Gasteiger partial charge in [0, 0.05) is 12.1 Å². The summed E-state index contributed by atoms with van der Waals surface area (Å²) in [6, 6.07) is 0. The van der Waals surface area contributed by atoms with Gasteiger partial charge in [0.05, 0.1) is 25.1 Å². The van der Waals surface area contributed by atoms with Gasteiger partial charge >= 0.3 is 5.97 Å². The van der Waals surface area contributed by atoms with Gasteiger partial charge in [-0.25, -0.2) is 14.8 Å². The van der Waals surface area contributed by atoms with Crippen molar-refractivity contribution in [3.8, 4) is 0 Å². The lowest BCUT2D eigenvalue weighted by molar-refractivity contribution is -0.121. The van der Waals surface area contributed by atoms with Crippen LogP contribution in [0.3, 0.4) is 0 Å². The van der Waals surface area contributed by atoms with Crippen LogP contribution in [0.2, 0.25) is 0 Å². The fraction of sp³-hybridized carbons (Fsp3) is 0.667. The van der Waals surface area contributed by atoms with Crippen LogP contribution in [0, 0.1) is 6.92 Å². The summed E-state index contributed by atoms with van der Waals surface area (Å²) in [7, 11) is 0. The molecule has 0 atom stereocenters. The minimum atomic E-state index is -0.338. The van der Waals surface area contributed by atoms with Crippen molar-refractivity contribution in [1.82, 2.24) is 20.2 Å². The number of carbonyl (C=O) groups is 2. The van der Waals surface area contributed by atoms with E-state index in [1.54, 1.807) is 6.92 Å². The third kappa shape index (κ3) is 6.41. The number of hydrogen-bond donors (Lipinski definition) is 1. The van der Waals surface area contributed by atoms with Crippen molar-refractivity contribution < 1.29 is 14.3 Å². The Hall–Kier alpha value is -2.26. The number of aryl methyl sites for hydroxylation is 1. The lowest BCUT2D eigenvalue weighted by Crippen LogP contribution is -2.46. The monoisotopic (exact) mass is 475 g/mol. The highest BCUT2D eigenvalue weighted by Gasteiger charge is 2.26. The number of aromatic nitrogens is 2. The Morgan fingerprint density at radius 1 is 1.15 bits per heavy atom. The molecule has 3 heterocycles. The molecule has 1 aliphatic heterocycles. The minimum absolute atomic E-state index is 0.0628. The first-order valence-electron chi connectivity index (χ1n) is 11.9. The van der Waals surface area contributed by atoms with Crippen LogP contribution in [0.15, 0.2) is 0 Å². The first-order chi connectivity index (χ1) is 15.6. The number of likely N-dealkylation sites (tertiary alicyclic amines) is 1. The highest BCUT2D eigenvalue weighted by molar-refractivity contribution is 7.20. The van der Waals surface area contributed by atoms with Crippen molar-refractivity contribution in [2.75, 3.05) is 37.7 Å². The average molecular weight is 476 g/mol. The molecule has 33 heavy (non-hydrogen) atoms. The van der Waals surface area contributed by atoms with Crippen molar-refractivity contribution in [2.24, 2.45) is 0 Å². The molecule has 1 saturated heterocycles. The Bertz CT molecular complexity index is 992. The van der Waals surface area contributed by atoms with E-state index in [9.17, 15) is 9.59 Å². The van der Waals surface area contributed by atoms with E-state index < -0.39 is 0 Å². The Balaban J connectivity index is 2.04. The number of thiophene rings is 1. The fourth-order valence-electron chi connectivity index (χ4n) is 4.14. The van der Waals surface area contributed by atoms with Crippen LogP contribution in [0.1, 0.15) is 74.9 Å². The van der Waals surface area contributed by atoms with Gasteiger partial charge in [-0.2, -0.15) is 0 Å². The number of esters is 1. The molecule has 0 spiro atoms. The summed E-state index contributed by atoms with van der Waals surface area (Å²) in [5, 5.41) is 3.86. The number of rotatable bonds is 8. The van der Waals surface area contributed by atoms with Gasteiger partial charge in [-0.15, -0.1) is 11.3 Å². The van der Waals surface area contributed by atoms with Crippen LogP contribution in [-0.4, -0.2) is 65.1 Å². The van der Waals surface area contributed by atoms with Gasteiger partial charge < -0.3 is 15.0 Å². The number of hydrogen-bond acceptors (Lipinski definition) is 8. The maximum atomic E-state index is 12.7. The first kappa shape index (κ1) is 25.4. The molecule has 0 saturated carbocycles. The second-order valence-corrected chi connectivity index (χ2v) is 10.6. The molecule has 0 bridgehead atoms. The molecular formula is C24H37N5O3S. The fourth-order valence-corrected chi connectivity index (χ4v) is 5.22. The molecule has 9 heteroatoms. The molecule has 8 nitrogen and oxygen atoms in total. The number of fused-ring (bicyclic) bond motifs is 1. The van der Waals surface area contributed by atoms with Crippen LogP contribution < -0.4 is 10.2 Å². The summed E-state index contributed by atoms with van der Waals surface area (Å²) in [6.07, 6.45) is 3.64. The van der Waals surface area contributed by atoms with E-state index in [2.05, 4.69) is 10.2 Å². The Kier molecular flexibility index (Phi) is 8.28. The van der Waals surface area contributed by atoms with Gasteiger partial charge in [0.25, 0.3) is 0 Å². The zero-order valence-corrected chi connectivity index (χ0v) is 21.6. The van der Waals surface area contributed by atoms with E-state index in [0.717, 1.165) is 34.7 Å². The normalized spacial score (nSPS) is 15.0. The van der Waals surface area contributed by atoms with E-state index in [1.165, 1.54) is 30.6 Å². The average Bonchev–Trinajstić information content (AvgIpc) is 3.08. The molecule has 1 fully saturated rings. The zero-order valence-electron chi connectivity index (χ0n) is 20.8. The van der Waals surface area contributed by atoms with Crippen LogP contribution in [0.4, 0.5) is 5.82 Å². The van der Waals surface area contributed by atoms with Crippen LogP contribution >= 0.6 is 11.3 Å². The van der Waals surface area contributed by atoms with Gasteiger partial charge in [0.2, 0.25) is 5.91 Å². The summed E-state index contributed by atoms with van der Waals surface area (Å²) in [5.41, 5.74) is 0.495. The second-order valence-electron chi connectivity index (χ2n) is 9.57. The molecule has 182 valence electrons. The van der Waals surface area contributed by atoms with Crippen LogP contribution in [0.25, 0.3) is 10.2 Å². The number of anilines is 1. The standard InChI is InChI=1S/C24H37N5O3S/c1-7-29(15-18(30)27-24(4,5)6)21-19-16(3)20(23(31)32-8-2)33-22(19)26-17(25-21)14-28-12-10-9-11-13-28/h7-15H2,1-6H3,(H,27,30). The summed E-state index contributed by atoms with van der Waals surface area (Å²) in [5.74, 6) is 1.04. The molecule has 2 aromatic heterocycles. The largest absolute Gasteiger partial charge is 0.462 e. The summed E-state index contributed by atoms with van der Waals surface area (Å²) < 4.78 is 5.27. The molecule has 0 aliphatic carbocycles. The third-order valence-electron chi connectivity index (χ3n) is 5.62. The first-order valence-corrected chi connectivity index (χ1v) is 12.7. The maximum absolute atomic E-state index is 12.7. The van der Waals surface area contributed by atoms with Crippen molar-refractivity contribution in [2.45, 2.75) is 72.9 Å². The third-order valence-corrected chi connectivity index (χ3v) is 6.79.